The van der Waals surface area contributed by atoms with Gasteiger partial charge < -0.3 is 10.1 Å². The van der Waals surface area contributed by atoms with Gasteiger partial charge in [-0.15, -0.1) is 0 Å². The third kappa shape index (κ3) is 1.65. The maximum atomic E-state index is 13.5. The summed E-state index contributed by atoms with van der Waals surface area (Å²) in [5.41, 5.74) is 0.295. The number of morpholine rings is 1. The highest BCUT2D eigenvalue weighted by molar-refractivity contribution is 5.26. The van der Waals surface area contributed by atoms with Gasteiger partial charge in [-0.05, 0) is 13.0 Å². The van der Waals surface area contributed by atoms with Gasteiger partial charge in [-0.2, -0.15) is 0 Å². The molecule has 1 fully saturated rings. The predicted octanol–water partition coefficient (Wildman–Crippen LogP) is 1.66. The fourth-order valence-corrected chi connectivity index (χ4v) is 1.81. The van der Waals surface area contributed by atoms with E-state index in [0.717, 1.165) is 6.54 Å². The highest BCUT2D eigenvalue weighted by Crippen LogP contribution is 2.25. The van der Waals surface area contributed by atoms with Gasteiger partial charge >= 0.3 is 0 Å². The van der Waals surface area contributed by atoms with Gasteiger partial charge in [0, 0.05) is 12.1 Å². The van der Waals surface area contributed by atoms with Crippen molar-refractivity contribution in [2.75, 3.05) is 19.8 Å². The van der Waals surface area contributed by atoms with Crippen molar-refractivity contribution < 1.29 is 9.13 Å². The van der Waals surface area contributed by atoms with Crippen molar-refractivity contribution in [1.29, 1.82) is 0 Å². The summed E-state index contributed by atoms with van der Waals surface area (Å²) >= 11 is 0. The summed E-state index contributed by atoms with van der Waals surface area (Å²) in [6, 6.07) is 6.83. The molecule has 0 unspecified atom stereocenters. The molecule has 3 heteroatoms. The summed E-state index contributed by atoms with van der Waals surface area (Å²) in [5, 5.41) is 3.29. The lowest BCUT2D eigenvalue weighted by molar-refractivity contribution is 0.0323. The fourth-order valence-electron chi connectivity index (χ4n) is 1.81. The second-order valence-electron chi connectivity index (χ2n) is 3.79. The molecular formula is C11H14FNO. The molecule has 0 saturated carbocycles. The average molecular weight is 195 g/mol. The molecule has 1 saturated heterocycles. The third-order valence-corrected chi connectivity index (χ3v) is 2.62. The number of hydrogen-bond acceptors (Lipinski definition) is 2. The van der Waals surface area contributed by atoms with Gasteiger partial charge in [0.1, 0.15) is 5.82 Å². The van der Waals surface area contributed by atoms with Crippen molar-refractivity contribution in [3.8, 4) is 0 Å². The molecule has 0 amide bonds. The maximum absolute atomic E-state index is 13.5. The lowest BCUT2D eigenvalue weighted by atomic mass is 9.91. The second kappa shape index (κ2) is 3.67. The van der Waals surface area contributed by atoms with Gasteiger partial charge in [-0.25, -0.2) is 4.39 Å². The number of hydrogen-bond donors (Lipinski definition) is 1. The molecule has 1 heterocycles. The first-order valence-corrected chi connectivity index (χ1v) is 4.80. The van der Waals surface area contributed by atoms with E-state index in [0.29, 0.717) is 18.8 Å². The molecule has 76 valence electrons. The second-order valence-corrected chi connectivity index (χ2v) is 3.79. The van der Waals surface area contributed by atoms with E-state index >= 15 is 0 Å². The highest BCUT2D eigenvalue weighted by Gasteiger charge is 2.31. The molecule has 1 N–H and O–H groups in total. The van der Waals surface area contributed by atoms with Crippen LogP contribution in [-0.2, 0) is 10.3 Å². The van der Waals surface area contributed by atoms with E-state index in [-0.39, 0.29) is 11.4 Å². The van der Waals surface area contributed by atoms with E-state index in [1.807, 2.05) is 13.0 Å². The molecule has 1 aliphatic heterocycles. The van der Waals surface area contributed by atoms with Crippen molar-refractivity contribution in [2.24, 2.45) is 0 Å². The third-order valence-electron chi connectivity index (χ3n) is 2.62. The normalized spacial score (nSPS) is 27.6. The maximum Gasteiger partial charge on any atom is 0.128 e. The molecule has 0 aromatic heterocycles. The van der Waals surface area contributed by atoms with Crippen molar-refractivity contribution in [2.45, 2.75) is 12.5 Å². The average Bonchev–Trinajstić information content (AvgIpc) is 2.19. The van der Waals surface area contributed by atoms with E-state index < -0.39 is 0 Å². The molecule has 0 bridgehead atoms. The van der Waals surface area contributed by atoms with Crippen molar-refractivity contribution in [3.63, 3.8) is 0 Å². The SMILES string of the molecule is C[C@]1(c2ccccc2F)COCCN1. The van der Waals surface area contributed by atoms with E-state index in [9.17, 15) is 4.39 Å². The van der Waals surface area contributed by atoms with E-state index in [1.54, 1.807) is 12.1 Å². The molecule has 2 rings (SSSR count). The van der Waals surface area contributed by atoms with Gasteiger partial charge in [0.15, 0.2) is 0 Å². The first kappa shape index (κ1) is 9.62. The van der Waals surface area contributed by atoms with E-state index in [1.165, 1.54) is 6.07 Å². The molecule has 2 nitrogen and oxygen atoms in total. The standard InChI is InChI=1S/C11H14FNO/c1-11(8-14-7-6-13-11)9-4-2-3-5-10(9)12/h2-5,13H,6-8H2,1H3/t11-/m1/s1. The Morgan fingerprint density at radius 2 is 2.21 bits per heavy atom. The largest absolute Gasteiger partial charge is 0.378 e. The quantitative estimate of drug-likeness (QED) is 0.735. The van der Waals surface area contributed by atoms with Gasteiger partial charge in [0.2, 0.25) is 0 Å². The molecule has 0 aliphatic carbocycles. The minimum absolute atomic E-state index is 0.173. The summed E-state index contributed by atoms with van der Waals surface area (Å²) in [6.45, 7) is 3.95. The van der Waals surface area contributed by atoms with Crippen LogP contribution in [0.15, 0.2) is 24.3 Å². The predicted molar refractivity (Wildman–Crippen MR) is 52.6 cm³/mol. The number of benzene rings is 1. The Kier molecular flexibility index (Phi) is 2.52. The van der Waals surface area contributed by atoms with Crippen LogP contribution in [0.3, 0.4) is 0 Å². The molecule has 0 spiro atoms. The van der Waals surface area contributed by atoms with Gasteiger partial charge in [-0.1, -0.05) is 18.2 Å². The summed E-state index contributed by atoms with van der Waals surface area (Å²) in [5.74, 6) is -0.173. The Bertz CT molecular complexity index is 321. The van der Waals surface area contributed by atoms with E-state index in [2.05, 4.69) is 5.32 Å². The van der Waals surface area contributed by atoms with Gasteiger partial charge in [0.25, 0.3) is 0 Å². The highest BCUT2D eigenvalue weighted by atomic mass is 19.1. The summed E-state index contributed by atoms with van der Waals surface area (Å²) in [7, 11) is 0. The number of nitrogens with one attached hydrogen (secondary N) is 1. The topological polar surface area (TPSA) is 21.3 Å². The van der Waals surface area contributed by atoms with Crippen LogP contribution in [0.4, 0.5) is 4.39 Å². The van der Waals surface area contributed by atoms with Crippen LogP contribution in [0.1, 0.15) is 12.5 Å². The van der Waals surface area contributed by atoms with Crippen LogP contribution < -0.4 is 5.32 Å². The fraction of sp³-hybridized carbons (Fsp3) is 0.455. The molecule has 1 aromatic rings. The number of ether oxygens (including phenoxy) is 1. The van der Waals surface area contributed by atoms with Crippen molar-refractivity contribution >= 4 is 0 Å². The Balaban J connectivity index is 2.32. The Labute approximate surface area is 83.1 Å². The molecule has 1 atom stereocenters. The lowest BCUT2D eigenvalue weighted by Crippen LogP contribution is -2.49. The minimum Gasteiger partial charge on any atom is -0.378 e. The van der Waals surface area contributed by atoms with Gasteiger partial charge in [-0.3, -0.25) is 0 Å². The van der Waals surface area contributed by atoms with Crippen LogP contribution in [0.25, 0.3) is 0 Å². The summed E-state index contributed by atoms with van der Waals surface area (Å²) in [6.07, 6.45) is 0. The zero-order valence-corrected chi connectivity index (χ0v) is 8.22. The van der Waals surface area contributed by atoms with Crippen LogP contribution in [0.2, 0.25) is 0 Å². The zero-order valence-electron chi connectivity index (χ0n) is 8.22. The van der Waals surface area contributed by atoms with Crippen LogP contribution >= 0.6 is 0 Å². The molecule has 0 radical (unpaired) electrons. The van der Waals surface area contributed by atoms with Crippen LogP contribution in [0, 0.1) is 5.82 Å². The van der Waals surface area contributed by atoms with Crippen LogP contribution in [-0.4, -0.2) is 19.8 Å². The Hall–Kier alpha value is -0.930. The Morgan fingerprint density at radius 1 is 1.43 bits per heavy atom. The van der Waals surface area contributed by atoms with Crippen molar-refractivity contribution in [3.05, 3.63) is 35.6 Å². The molecule has 1 aliphatic rings. The smallest absolute Gasteiger partial charge is 0.128 e. The lowest BCUT2D eigenvalue weighted by Gasteiger charge is -2.35. The molecule has 14 heavy (non-hydrogen) atoms. The van der Waals surface area contributed by atoms with Crippen molar-refractivity contribution in [1.82, 2.24) is 5.32 Å². The molecule has 1 aromatic carbocycles. The summed E-state index contributed by atoms with van der Waals surface area (Å²) in [4.78, 5) is 0. The zero-order chi connectivity index (χ0) is 10.0. The van der Waals surface area contributed by atoms with Crippen LogP contribution in [0.5, 0.6) is 0 Å². The van der Waals surface area contributed by atoms with Gasteiger partial charge in [0.05, 0.1) is 18.8 Å². The first-order chi connectivity index (χ1) is 6.72. The molecular weight excluding hydrogens is 181 g/mol. The Morgan fingerprint density at radius 3 is 2.86 bits per heavy atom. The first-order valence-electron chi connectivity index (χ1n) is 4.80. The monoisotopic (exact) mass is 195 g/mol. The number of halogens is 1. The summed E-state index contributed by atoms with van der Waals surface area (Å²) < 4.78 is 18.9. The van der Waals surface area contributed by atoms with E-state index in [4.69, 9.17) is 4.74 Å². The minimum atomic E-state index is -0.385. The number of rotatable bonds is 1.